The minimum Gasteiger partial charge on any atom is -0.326 e. The quantitative estimate of drug-likeness (QED) is 0.651. The number of anilines is 1. The molecule has 0 radical (unpaired) electrons. The van der Waals surface area contributed by atoms with Crippen molar-refractivity contribution in [3.05, 3.63) is 47.0 Å². The number of nitrogens with zero attached hydrogens (tertiary/aromatic N) is 4. The summed E-state index contributed by atoms with van der Waals surface area (Å²) in [5.74, 6) is 1.14. The highest BCUT2D eigenvalue weighted by molar-refractivity contribution is 5.92. The zero-order valence-corrected chi connectivity index (χ0v) is 14.5. The van der Waals surface area contributed by atoms with Gasteiger partial charge in [0.25, 0.3) is 0 Å². The van der Waals surface area contributed by atoms with Gasteiger partial charge >= 0.3 is 0 Å². The SMILES string of the molecule is Cc1nn(C)c(C)c1CC(=O)Nc1ccc(-c2n[nH]c(CN)n2)cc1. The summed E-state index contributed by atoms with van der Waals surface area (Å²) in [5, 5.41) is 14.1. The zero-order valence-electron chi connectivity index (χ0n) is 14.5. The molecule has 1 amide bonds. The first-order chi connectivity index (χ1) is 12.0. The monoisotopic (exact) mass is 339 g/mol. The van der Waals surface area contributed by atoms with E-state index in [0.29, 0.717) is 24.6 Å². The Morgan fingerprint density at radius 3 is 2.56 bits per heavy atom. The molecular weight excluding hydrogens is 318 g/mol. The van der Waals surface area contributed by atoms with Gasteiger partial charge in [-0.05, 0) is 38.1 Å². The molecule has 0 aliphatic carbocycles. The maximum atomic E-state index is 12.3. The van der Waals surface area contributed by atoms with Gasteiger partial charge in [-0.25, -0.2) is 4.98 Å². The Bertz CT molecular complexity index is 892. The van der Waals surface area contributed by atoms with Crippen LogP contribution in [-0.2, 0) is 24.8 Å². The van der Waals surface area contributed by atoms with Gasteiger partial charge in [0.05, 0.1) is 18.7 Å². The second kappa shape index (κ2) is 6.86. The Hall–Kier alpha value is -3.00. The van der Waals surface area contributed by atoms with Crippen LogP contribution in [-0.4, -0.2) is 30.9 Å². The summed E-state index contributed by atoms with van der Waals surface area (Å²) in [6.45, 7) is 4.19. The molecule has 0 aliphatic heterocycles. The Morgan fingerprint density at radius 2 is 2.00 bits per heavy atom. The average molecular weight is 339 g/mol. The van der Waals surface area contributed by atoms with Gasteiger partial charge in [0.2, 0.25) is 5.91 Å². The Balaban J connectivity index is 1.67. The van der Waals surface area contributed by atoms with E-state index >= 15 is 0 Å². The van der Waals surface area contributed by atoms with Gasteiger partial charge in [0, 0.05) is 29.6 Å². The molecule has 8 nitrogen and oxygen atoms in total. The summed E-state index contributed by atoms with van der Waals surface area (Å²) in [6.07, 6.45) is 0.300. The summed E-state index contributed by atoms with van der Waals surface area (Å²) >= 11 is 0. The predicted octanol–water partition coefficient (Wildman–Crippen LogP) is 1.46. The van der Waals surface area contributed by atoms with Crippen molar-refractivity contribution in [2.45, 2.75) is 26.8 Å². The molecule has 4 N–H and O–H groups in total. The van der Waals surface area contributed by atoms with Crippen LogP contribution in [0.1, 0.15) is 22.8 Å². The molecule has 0 fully saturated rings. The number of nitrogens with one attached hydrogen (secondary N) is 2. The third-order valence-electron chi connectivity index (χ3n) is 4.15. The van der Waals surface area contributed by atoms with Crippen molar-refractivity contribution in [1.29, 1.82) is 0 Å². The smallest absolute Gasteiger partial charge is 0.228 e. The van der Waals surface area contributed by atoms with Gasteiger partial charge in [0.1, 0.15) is 5.82 Å². The zero-order chi connectivity index (χ0) is 18.0. The fourth-order valence-electron chi connectivity index (χ4n) is 2.66. The maximum Gasteiger partial charge on any atom is 0.228 e. The van der Waals surface area contributed by atoms with Crippen molar-refractivity contribution in [3.8, 4) is 11.4 Å². The third kappa shape index (κ3) is 3.58. The molecular formula is C17H21N7O. The molecule has 3 rings (SSSR count). The van der Waals surface area contributed by atoms with E-state index in [1.807, 2.05) is 45.2 Å². The summed E-state index contributed by atoms with van der Waals surface area (Å²) in [6, 6.07) is 7.38. The summed E-state index contributed by atoms with van der Waals surface area (Å²) in [4.78, 5) is 16.6. The van der Waals surface area contributed by atoms with Crippen molar-refractivity contribution in [3.63, 3.8) is 0 Å². The number of hydrogen-bond acceptors (Lipinski definition) is 5. The number of H-pyrrole nitrogens is 1. The number of hydrogen-bond donors (Lipinski definition) is 3. The number of rotatable bonds is 5. The number of carbonyl (C=O) groups excluding carboxylic acids is 1. The van der Waals surface area contributed by atoms with Crippen LogP contribution in [0.2, 0.25) is 0 Å². The van der Waals surface area contributed by atoms with E-state index in [1.54, 1.807) is 4.68 Å². The largest absolute Gasteiger partial charge is 0.326 e. The van der Waals surface area contributed by atoms with Crippen molar-refractivity contribution in [2.75, 3.05) is 5.32 Å². The molecule has 0 atom stereocenters. The highest BCUT2D eigenvalue weighted by Crippen LogP contribution is 2.19. The van der Waals surface area contributed by atoms with Crippen molar-refractivity contribution < 1.29 is 4.79 Å². The molecule has 2 aromatic heterocycles. The highest BCUT2D eigenvalue weighted by atomic mass is 16.1. The van der Waals surface area contributed by atoms with Gasteiger partial charge in [-0.1, -0.05) is 0 Å². The summed E-state index contributed by atoms with van der Waals surface area (Å²) < 4.78 is 1.79. The first-order valence-corrected chi connectivity index (χ1v) is 7.98. The Labute approximate surface area is 145 Å². The van der Waals surface area contributed by atoms with E-state index in [2.05, 4.69) is 25.6 Å². The second-order valence-electron chi connectivity index (χ2n) is 5.89. The van der Waals surface area contributed by atoms with E-state index in [1.165, 1.54) is 0 Å². The van der Waals surface area contributed by atoms with Crippen LogP contribution in [0.4, 0.5) is 5.69 Å². The standard InChI is InChI=1S/C17H21N7O/c1-10-14(11(2)24(3)23-10)8-16(25)19-13-6-4-12(5-7-13)17-20-15(9-18)21-22-17/h4-7H,8-9,18H2,1-3H3,(H,19,25)(H,20,21,22). The molecule has 130 valence electrons. The number of aromatic amines is 1. The number of carbonyl (C=O) groups is 1. The molecule has 2 heterocycles. The minimum absolute atomic E-state index is 0.0738. The van der Waals surface area contributed by atoms with Gasteiger partial charge < -0.3 is 11.1 Å². The van der Waals surface area contributed by atoms with Gasteiger partial charge in [0.15, 0.2) is 5.82 Å². The highest BCUT2D eigenvalue weighted by Gasteiger charge is 2.14. The predicted molar refractivity (Wildman–Crippen MR) is 94.7 cm³/mol. The lowest BCUT2D eigenvalue weighted by Crippen LogP contribution is -2.15. The summed E-state index contributed by atoms with van der Waals surface area (Å²) in [5.41, 5.74) is 9.95. The first kappa shape index (κ1) is 16.8. The van der Waals surface area contributed by atoms with Crippen molar-refractivity contribution >= 4 is 11.6 Å². The number of amides is 1. The average Bonchev–Trinajstić information content (AvgIpc) is 3.16. The molecule has 3 aromatic rings. The fourth-order valence-corrected chi connectivity index (χ4v) is 2.66. The van der Waals surface area contributed by atoms with Crippen LogP contribution in [0.3, 0.4) is 0 Å². The Kier molecular flexibility index (Phi) is 4.62. The topological polar surface area (TPSA) is 115 Å². The van der Waals surface area contributed by atoms with Crippen LogP contribution in [0, 0.1) is 13.8 Å². The number of aryl methyl sites for hydroxylation is 2. The van der Waals surface area contributed by atoms with E-state index in [9.17, 15) is 4.79 Å². The Morgan fingerprint density at radius 1 is 1.28 bits per heavy atom. The lowest BCUT2D eigenvalue weighted by atomic mass is 10.1. The summed E-state index contributed by atoms with van der Waals surface area (Å²) in [7, 11) is 1.88. The fraction of sp³-hybridized carbons (Fsp3) is 0.294. The van der Waals surface area contributed by atoms with Crippen LogP contribution >= 0.6 is 0 Å². The normalized spacial score (nSPS) is 10.9. The van der Waals surface area contributed by atoms with E-state index in [-0.39, 0.29) is 5.91 Å². The van der Waals surface area contributed by atoms with Crippen LogP contribution in [0.5, 0.6) is 0 Å². The molecule has 0 saturated carbocycles. The number of benzene rings is 1. The van der Waals surface area contributed by atoms with Gasteiger partial charge in [-0.15, -0.1) is 0 Å². The molecule has 0 spiro atoms. The molecule has 8 heteroatoms. The van der Waals surface area contributed by atoms with Crippen LogP contribution in [0.15, 0.2) is 24.3 Å². The second-order valence-corrected chi connectivity index (χ2v) is 5.89. The van der Waals surface area contributed by atoms with Gasteiger partial charge in [-0.3, -0.25) is 14.6 Å². The van der Waals surface area contributed by atoms with Gasteiger partial charge in [-0.2, -0.15) is 10.2 Å². The lowest BCUT2D eigenvalue weighted by molar-refractivity contribution is -0.115. The van der Waals surface area contributed by atoms with Crippen molar-refractivity contribution in [1.82, 2.24) is 25.0 Å². The maximum absolute atomic E-state index is 12.3. The van der Waals surface area contributed by atoms with E-state index < -0.39 is 0 Å². The molecule has 0 aliphatic rings. The lowest BCUT2D eigenvalue weighted by Gasteiger charge is -2.06. The van der Waals surface area contributed by atoms with Crippen LogP contribution in [0.25, 0.3) is 11.4 Å². The third-order valence-corrected chi connectivity index (χ3v) is 4.15. The first-order valence-electron chi connectivity index (χ1n) is 7.98. The number of aromatic nitrogens is 5. The molecule has 25 heavy (non-hydrogen) atoms. The molecule has 0 saturated heterocycles. The number of nitrogens with two attached hydrogens (primary N) is 1. The van der Waals surface area contributed by atoms with Crippen LogP contribution < -0.4 is 11.1 Å². The molecule has 1 aromatic carbocycles. The molecule has 0 bridgehead atoms. The molecule has 0 unspecified atom stereocenters. The van der Waals surface area contributed by atoms with E-state index in [0.717, 1.165) is 28.2 Å². The van der Waals surface area contributed by atoms with E-state index in [4.69, 9.17) is 5.73 Å². The van der Waals surface area contributed by atoms with Crippen molar-refractivity contribution in [2.24, 2.45) is 12.8 Å². The minimum atomic E-state index is -0.0738.